The number of amides is 1. The lowest BCUT2D eigenvalue weighted by atomic mass is 9.97. The van der Waals surface area contributed by atoms with Crippen molar-refractivity contribution in [1.82, 2.24) is 10.6 Å². The van der Waals surface area contributed by atoms with Gasteiger partial charge in [0.1, 0.15) is 0 Å². The van der Waals surface area contributed by atoms with Crippen molar-refractivity contribution in [3.63, 3.8) is 0 Å². The molecule has 1 amide bonds. The number of carbonyl (C=O) groups is 2. The third-order valence-corrected chi connectivity index (χ3v) is 3.95. The molecule has 0 bridgehead atoms. The summed E-state index contributed by atoms with van der Waals surface area (Å²) < 4.78 is 0. The fourth-order valence-corrected chi connectivity index (χ4v) is 2.61. The zero-order valence-electron chi connectivity index (χ0n) is 11.1. The summed E-state index contributed by atoms with van der Waals surface area (Å²) in [6.45, 7) is 2.54. The van der Waals surface area contributed by atoms with Gasteiger partial charge in [-0.25, -0.2) is 4.79 Å². The summed E-state index contributed by atoms with van der Waals surface area (Å²) in [6.07, 6.45) is 1.58. The summed E-state index contributed by atoms with van der Waals surface area (Å²) in [5, 5.41) is 15.3. The average Bonchev–Trinajstić information content (AvgIpc) is 2.85. The Morgan fingerprint density at radius 3 is 2.70 bits per heavy atom. The number of nitrogens with one attached hydrogen (secondary N) is 2. The molecule has 3 N–H and O–H groups in total. The highest BCUT2D eigenvalue weighted by Gasteiger charge is 2.38. The molecule has 2 rings (SSSR count). The van der Waals surface area contributed by atoms with E-state index in [2.05, 4.69) is 10.6 Å². The standard InChI is InChI=1S/C14H17ClN2O3/c1-14(7-4-8-16-14)13(20)17-11(12(18)19)9-5-2-3-6-10(9)15/h2-3,5-6,11,16H,4,7-8H2,1H3,(H,17,20)(H,18,19)/t11-,14?/m1/s1. The van der Waals surface area contributed by atoms with E-state index in [0.717, 1.165) is 13.0 Å². The van der Waals surface area contributed by atoms with Crippen LogP contribution in [0.1, 0.15) is 31.4 Å². The minimum Gasteiger partial charge on any atom is -0.479 e. The number of carboxylic acid groups (broad SMARTS) is 1. The van der Waals surface area contributed by atoms with Gasteiger partial charge < -0.3 is 15.7 Å². The van der Waals surface area contributed by atoms with Crippen molar-refractivity contribution in [3.8, 4) is 0 Å². The second-order valence-electron chi connectivity index (χ2n) is 5.13. The van der Waals surface area contributed by atoms with Crippen LogP contribution in [0.4, 0.5) is 0 Å². The van der Waals surface area contributed by atoms with E-state index >= 15 is 0 Å². The third kappa shape index (κ3) is 2.94. The Labute approximate surface area is 122 Å². The molecule has 1 heterocycles. The smallest absolute Gasteiger partial charge is 0.330 e. The van der Waals surface area contributed by atoms with E-state index in [1.165, 1.54) is 0 Å². The molecule has 1 aliphatic rings. The number of carboxylic acids is 1. The highest BCUT2D eigenvalue weighted by atomic mass is 35.5. The van der Waals surface area contributed by atoms with E-state index in [-0.39, 0.29) is 5.91 Å². The molecule has 0 aromatic heterocycles. The average molecular weight is 297 g/mol. The SMILES string of the molecule is CC1(C(=O)N[C@@H](C(=O)O)c2ccccc2Cl)CCCN1. The summed E-state index contributed by atoms with van der Waals surface area (Å²) in [5.41, 5.74) is -0.328. The maximum Gasteiger partial charge on any atom is 0.330 e. The first-order valence-electron chi connectivity index (χ1n) is 6.47. The summed E-state index contributed by atoms with van der Waals surface area (Å²) in [7, 11) is 0. The molecule has 1 saturated heterocycles. The fourth-order valence-electron chi connectivity index (χ4n) is 2.36. The topological polar surface area (TPSA) is 78.4 Å². The van der Waals surface area contributed by atoms with Crippen molar-refractivity contribution in [3.05, 3.63) is 34.9 Å². The van der Waals surface area contributed by atoms with Gasteiger partial charge in [0.25, 0.3) is 0 Å². The highest BCUT2D eigenvalue weighted by molar-refractivity contribution is 6.31. The van der Waals surface area contributed by atoms with Crippen LogP contribution in [0.3, 0.4) is 0 Å². The van der Waals surface area contributed by atoms with Crippen LogP contribution in [-0.2, 0) is 9.59 Å². The summed E-state index contributed by atoms with van der Waals surface area (Å²) in [6, 6.07) is 5.47. The Morgan fingerprint density at radius 1 is 1.45 bits per heavy atom. The van der Waals surface area contributed by atoms with Gasteiger partial charge in [-0.05, 0) is 32.4 Å². The van der Waals surface area contributed by atoms with Gasteiger partial charge >= 0.3 is 5.97 Å². The number of rotatable bonds is 4. The number of benzene rings is 1. The summed E-state index contributed by atoms with van der Waals surface area (Å²) in [4.78, 5) is 23.7. The summed E-state index contributed by atoms with van der Waals surface area (Å²) >= 11 is 6.01. The minimum absolute atomic E-state index is 0.317. The molecule has 0 radical (unpaired) electrons. The van der Waals surface area contributed by atoms with E-state index in [1.807, 2.05) is 0 Å². The van der Waals surface area contributed by atoms with Crippen molar-refractivity contribution >= 4 is 23.5 Å². The zero-order chi connectivity index (χ0) is 14.8. The molecule has 0 aliphatic carbocycles. The lowest BCUT2D eigenvalue weighted by Gasteiger charge is -2.26. The van der Waals surface area contributed by atoms with Crippen LogP contribution in [-0.4, -0.2) is 29.1 Å². The predicted molar refractivity (Wildman–Crippen MR) is 75.6 cm³/mol. The second-order valence-corrected chi connectivity index (χ2v) is 5.54. The van der Waals surface area contributed by atoms with Gasteiger partial charge in [-0.1, -0.05) is 29.8 Å². The van der Waals surface area contributed by atoms with Crippen LogP contribution in [0.5, 0.6) is 0 Å². The number of hydrogen-bond donors (Lipinski definition) is 3. The predicted octanol–water partition coefficient (Wildman–Crippen LogP) is 1.72. The zero-order valence-corrected chi connectivity index (χ0v) is 11.9. The van der Waals surface area contributed by atoms with Gasteiger partial charge in [0.2, 0.25) is 5.91 Å². The number of carbonyl (C=O) groups excluding carboxylic acids is 1. The molecule has 1 aromatic carbocycles. The Morgan fingerprint density at radius 2 is 2.15 bits per heavy atom. The van der Waals surface area contributed by atoms with Gasteiger partial charge in [-0.2, -0.15) is 0 Å². The molecule has 1 aromatic rings. The highest BCUT2D eigenvalue weighted by Crippen LogP contribution is 2.25. The lowest BCUT2D eigenvalue weighted by Crippen LogP contribution is -2.52. The fraction of sp³-hybridized carbons (Fsp3) is 0.429. The molecule has 0 spiro atoms. The molecule has 1 unspecified atom stereocenters. The molecular weight excluding hydrogens is 280 g/mol. The molecule has 1 fully saturated rings. The first-order chi connectivity index (χ1) is 9.44. The Bertz CT molecular complexity index is 527. The van der Waals surface area contributed by atoms with Gasteiger partial charge in [-0.15, -0.1) is 0 Å². The molecule has 0 saturated carbocycles. The number of halogens is 1. The number of aliphatic carboxylic acids is 1. The van der Waals surface area contributed by atoms with E-state index in [9.17, 15) is 14.7 Å². The van der Waals surface area contributed by atoms with Gasteiger partial charge in [0, 0.05) is 10.6 Å². The van der Waals surface area contributed by atoms with Crippen molar-refractivity contribution in [2.45, 2.75) is 31.3 Å². The second kappa shape index (κ2) is 5.81. The normalized spacial score (nSPS) is 23.3. The molecule has 5 nitrogen and oxygen atoms in total. The first-order valence-corrected chi connectivity index (χ1v) is 6.85. The Kier molecular flexibility index (Phi) is 4.30. The summed E-state index contributed by atoms with van der Waals surface area (Å²) in [5.74, 6) is -1.45. The van der Waals surface area contributed by atoms with Crippen LogP contribution in [0, 0.1) is 0 Å². The van der Waals surface area contributed by atoms with Gasteiger partial charge in [-0.3, -0.25) is 4.79 Å². The molecule has 6 heteroatoms. The van der Waals surface area contributed by atoms with Crippen LogP contribution in [0.15, 0.2) is 24.3 Å². The quantitative estimate of drug-likeness (QED) is 0.790. The van der Waals surface area contributed by atoms with Crippen LogP contribution in [0.2, 0.25) is 5.02 Å². The first kappa shape index (κ1) is 14.8. The third-order valence-electron chi connectivity index (χ3n) is 3.61. The molecular formula is C14H17ClN2O3. The molecule has 20 heavy (non-hydrogen) atoms. The van der Waals surface area contributed by atoms with E-state index in [1.54, 1.807) is 31.2 Å². The van der Waals surface area contributed by atoms with Crippen molar-refractivity contribution in [1.29, 1.82) is 0 Å². The maximum absolute atomic E-state index is 12.3. The largest absolute Gasteiger partial charge is 0.479 e. The van der Waals surface area contributed by atoms with Crippen LogP contribution < -0.4 is 10.6 Å². The molecule has 2 atom stereocenters. The van der Waals surface area contributed by atoms with E-state index < -0.39 is 17.6 Å². The maximum atomic E-state index is 12.3. The van der Waals surface area contributed by atoms with Gasteiger partial charge in [0.15, 0.2) is 6.04 Å². The van der Waals surface area contributed by atoms with Crippen molar-refractivity contribution in [2.75, 3.05) is 6.54 Å². The molecule has 1 aliphatic heterocycles. The monoisotopic (exact) mass is 296 g/mol. The lowest BCUT2D eigenvalue weighted by molar-refractivity contribution is -0.143. The van der Waals surface area contributed by atoms with Crippen molar-refractivity contribution < 1.29 is 14.7 Å². The Balaban J connectivity index is 2.21. The minimum atomic E-state index is -1.14. The van der Waals surface area contributed by atoms with Crippen LogP contribution >= 0.6 is 11.6 Å². The van der Waals surface area contributed by atoms with Gasteiger partial charge in [0.05, 0.1) is 5.54 Å². The van der Waals surface area contributed by atoms with Crippen molar-refractivity contribution in [2.24, 2.45) is 0 Å². The van der Waals surface area contributed by atoms with E-state index in [0.29, 0.717) is 17.0 Å². The Hall–Kier alpha value is -1.59. The molecule has 108 valence electrons. The number of hydrogen-bond acceptors (Lipinski definition) is 3. The van der Waals surface area contributed by atoms with Crippen LogP contribution in [0.25, 0.3) is 0 Å². The van der Waals surface area contributed by atoms with E-state index in [4.69, 9.17) is 11.6 Å².